The van der Waals surface area contributed by atoms with Crippen LogP contribution in [0.15, 0.2) is 0 Å². The summed E-state index contributed by atoms with van der Waals surface area (Å²) >= 11 is 16.6. The summed E-state index contributed by atoms with van der Waals surface area (Å²) < 4.78 is 39.9. The van der Waals surface area contributed by atoms with E-state index in [-0.39, 0.29) is 24.0 Å². The van der Waals surface area contributed by atoms with Crippen LogP contribution >= 0.6 is 34.8 Å². The summed E-state index contributed by atoms with van der Waals surface area (Å²) in [4.78, 5) is 9.99. The second-order valence-corrected chi connectivity index (χ2v) is 6.46. The molecule has 0 radical (unpaired) electrons. The summed E-state index contributed by atoms with van der Waals surface area (Å²) in [6.45, 7) is 0.453. The number of hydrogen-bond donors (Lipinski definition) is 1. The molecule has 0 bridgehead atoms. The third kappa shape index (κ3) is 4.20. The van der Waals surface area contributed by atoms with Gasteiger partial charge >= 0.3 is 6.18 Å². The van der Waals surface area contributed by atoms with E-state index < -0.39 is 22.6 Å². The molecule has 1 aromatic heterocycles. The van der Waals surface area contributed by atoms with Crippen molar-refractivity contribution in [1.29, 1.82) is 0 Å². The first kappa shape index (κ1) is 17.7. The minimum absolute atomic E-state index is 0.0285. The Balaban J connectivity index is 2.03. The van der Waals surface area contributed by atoms with Crippen molar-refractivity contribution in [3.63, 3.8) is 0 Å². The number of carbonyl (C=O) groups excluding carboxylic acids is 1. The summed E-state index contributed by atoms with van der Waals surface area (Å²) in [5.74, 6) is -0.513. The zero-order valence-electron chi connectivity index (χ0n) is 11.3. The van der Waals surface area contributed by atoms with Gasteiger partial charge in [-0.2, -0.15) is 18.3 Å². The SMILES string of the molecule is O=C(NCCCn1nc(C(F)(F)F)c(Cl)c1C1CC1)C(Cl)Cl. The number of amides is 1. The number of nitrogens with zero attached hydrogens (tertiary/aromatic N) is 2. The van der Waals surface area contributed by atoms with Gasteiger partial charge in [-0.15, -0.1) is 0 Å². The molecule has 22 heavy (non-hydrogen) atoms. The average Bonchev–Trinajstić information content (AvgIpc) is 3.17. The lowest BCUT2D eigenvalue weighted by Crippen LogP contribution is -2.30. The fourth-order valence-corrected chi connectivity index (χ4v) is 2.62. The van der Waals surface area contributed by atoms with Gasteiger partial charge in [0.25, 0.3) is 5.91 Å². The van der Waals surface area contributed by atoms with Gasteiger partial charge in [-0.05, 0) is 19.3 Å². The standard InChI is InChI=1S/C12H13Cl3F3N3O/c13-7-8(6-2-3-6)21(20-9(7)12(16,17)18)5-1-4-19-11(22)10(14)15/h6,10H,1-5H2,(H,19,22). The van der Waals surface area contributed by atoms with Crippen LogP contribution in [0.4, 0.5) is 13.2 Å². The average molecular weight is 379 g/mol. The van der Waals surface area contributed by atoms with Gasteiger partial charge in [0, 0.05) is 19.0 Å². The summed E-state index contributed by atoms with van der Waals surface area (Å²) in [6, 6.07) is 0. The quantitative estimate of drug-likeness (QED) is 0.605. The highest BCUT2D eigenvalue weighted by Crippen LogP contribution is 2.46. The van der Waals surface area contributed by atoms with Crippen molar-refractivity contribution in [2.75, 3.05) is 6.54 Å². The van der Waals surface area contributed by atoms with E-state index in [0.29, 0.717) is 12.1 Å². The first-order valence-electron chi connectivity index (χ1n) is 6.61. The van der Waals surface area contributed by atoms with Gasteiger partial charge in [0.15, 0.2) is 10.5 Å². The van der Waals surface area contributed by atoms with Crippen LogP contribution in [0, 0.1) is 0 Å². The zero-order chi connectivity index (χ0) is 16.5. The third-order valence-corrected chi connectivity index (χ3v) is 3.98. The van der Waals surface area contributed by atoms with Crippen molar-refractivity contribution in [1.82, 2.24) is 15.1 Å². The monoisotopic (exact) mass is 377 g/mol. The van der Waals surface area contributed by atoms with E-state index in [2.05, 4.69) is 10.4 Å². The first-order chi connectivity index (χ1) is 10.2. The topological polar surface area (TPSA) is 46.9 Å². The molecule has 1 amide bonds. The molecule has 0 spiro atoms. The Morgan fingerprint density at radius 1 is 1.41 bits per heavy atom. The fourth-order valence-electron chi connectivity index (χ4n) is 2.07. The highest BCUT2D eigenvalue weighted by atomic mass is 35.5. The molecule has 0 atom stereocenters. The maximum atomic E-state index is 12.9. The van der Waals surface area contributed by atoms with Crippen molar-refractivity contribution in [2.24, 2.45) is 0 Å². The summed E-state index contributed by atoms with van der Waals surface area (Å²) in [6.07, 6.45) is -2.58. The van der Waals surface area contributed by atoms with E-state index in [1.807, 2.05) is 0 Å². The number of aryl methyl sites for hydroxylation is 1. The van der Waals surface area contributed by atoms with E-state index >= 15 is 0 Å². The van der Waals surface area contributed by atoms with Crippen LogP contribution < -0.4 is 5.32 Å². The Bertz CT molecular complexity index is 556. The van der Waals surface area contributed by atoms with Crippen LogP contribution in [-0.2, 0) is 17.5 Å². The van der Waals surface area contributed by atoms with E-state index in [1.54, 1.807) is 0 Å². The number of halogens is 6. The molecule has 1 aromatic rings. The Morgan fingerprint density at radius 2 is 2.05 bits per heavy atom. The number of rotatable bonds is 6. The maximum Gasteiger partial charge on any atom is 0.436 e. The van der Waals surface area contributed by atoms with Gasteiger partial charge in [0.1, 0.15) is 0 Å². The van der Waals surface area contributed by atoms with Crippen LogP contribution in [-0.4, -0.2) is 27.1 Å². The zero-order valence-corrected chi connectivity index (χ0v) is 13.5. The van der Waals surface area contributed by atoms with Gasteiger partial charge in [-0.25, -0.2) is 0 Å². The molecule has 0 aliphatic heterocycles. The number of nitrogens with one attached hydrogen (secondary N) is 1. The Hall–Kier alpha value is -0.660. The number of carbonyl (C=O) groups is 1. The van der Waals surface area contributed by atoms with E-state index in [0.717, 1.165) is 12.8 Å². The molecule has 124 valence electrons. The number of alkyl halides is 5. The van der Waals surface area contributed by atoms with Gasteiger partial charge in [-0.1, -0.05) is 34.8 Å². The largest absolute Gasteiger partial charge is 0.436 e. The molecule has 0 unspecified atom stereocenters. The second kappa shape index (κ2) is 6.84. The molecule has 0 aromatic carbocycles. The van der Waals surface area contributed by atoms with Crippen molar-refractivity contribution < 1.29 is 18.0 Å². The molecule has 1 aliphatic rings. The summed E-state index contributed by atoms with van der Waals surface area (Å²) in [7, 11) is 0. The normalized spacial score (nSPS) is 15.4. The van der Waals surface area contributed by atoms with Crippen molar-refractivity contribution in [3.05, 3.63) is 16.4 Å². The van der Waals surface area contributed by atoms with Crippen LogP contribution in [0.1, 0.15) is 36.6 Å². The molecular weight excluding hydrogens is 366 g/mol. The second-order valence-electron chi connectivity index (χ2n) is 4.99. The maximum absolute atomic E-state index is 12.9. The number of aromatic nitrogens is 2. The van der Waals surface area contributed by atoms with E-state index in [4.69, 9.17) is 34.8 Å². The Labute approximate surface area is 139 Å². The van der Waals surface area contributed by atoms with Crippen molar-refractivity contribution in [2.45, 2.75) is 42.7 Å². The Morgan fingerprint density at radius 3 is 2.55 bits per heavy atom. The molecule has 1 aliphatic carbocycles. The molecule has 2 rings (SSSR count). The van der Waals surface area contributed by atoms with Gasteiger partial charge in [0.05, 0.1) is 10.7 Å². The summed E-state index contributed by atoms with van der Waals surface area (Å²) in [5, 5.41) is 5.74. The van der Waals surface area contributed by atoms with Gasteiger partial charge in [0.2, 0.25) is 0 Å². The molecular formula is C12H13Cl3F3N3O. The highest BCUT2D eigenvalue weighted by Gasteiger charge is 2.41. The smallest absolute Gasteiger partial charge is 0.354 e. The minimum Gasteiger partial charge on any atom is -0.354 e. The predicted molar refractivity (Wildman–Crippen MR) is 77.3 cm³/mol. The lowest BCUT2D eigenvalue weighted by Gasteiger charge is -2.08. The summed E-state index contributed by atoms with van der Waals surface area (Å²) in [5.41, 5.74) is -0.630. The first-order valence-corrected chi connectivity index (χ1v) is 7.86. The highest BCUT2D eigenvalue weighted by molar-refractivity contribution is 6.53. The van der Waals surface area contributed by atoms with E-state index in [1.165, 1.54) is 4.68 Å². The molecule has 10 heteroatoms. The van der Waals surface area contributed by atoms with Crippen LogP contribution in [0.5, 0.6) is 0 Å². The molecule has 4 nitrogen and oxygen atoms in total. The molecule has 1 N–H and O–H groups in total. The number of hydrogen-bond acceptors (Lipinski definition) is 2. The lowest BCUT2D eigenvalue weighted by molar-refractivity contribution is -0.141. The fraction of sp³-hybridized carbons (Fsp3) is 0.667. The third-order valence-electron chi connectivity index (χ3n) is 3.21. The van der Waals surface area contributed by atoms with Crippen molar-refractivity contribution >= 4 is 40.7 Å². The molecule has 1 heterocycles. The molecule has 0 saturated heterocycles. The van der Waals surface area contributed by atoms with Gasteiger partial charge < -0.3 is 5.32 Å². The minimum atomic E-state index is -4.58. The van der Waals surface area contributed by atoms with Crippen molar-refractivity contribution in [3.8, 4) is 0 Å². The molecule has 1 saturated carbocycles. The lowest BCUT2D eigenvalue weighted by atomic mass is 10.2. The van der Waals surface area contributed by atoms with E-state index in [9.17, 15) is 18.0 Å². The Kier molecular flexibility index (Phi) is 5.50. The molecule has 1 fully saturated rings. The van der Waals surface area contributed by atoms with Gasteiger partial charge in [-0.3, -0.25) is 9.48 Å². The van der Waals surface area contributed by atoms with Crippen LogP contribution in [0.2, 0.25) is 5.02 Å². The predicted octanol–water partition coefficient (Wildman–Crippen LogP) is 3.74. The van der Waals surface area contributed by atoms with Crippen LogP contribution in [0.25, 0.3) is 0 Å². The van der Waals surface area contributed by atoms with Crippen LogP contribution in [0.3, 0.4) is 0 Å².